The number of ketones is 1. The zero-order valence-corrected chi connectivity index (χ0v) is 10.6. The first kappa shape index (κ1) is 13.7. The molecule has 0 aromatic rings. The maximum atomic E-state index is 11.9. The highest BCUT2D eigenvalue weighted by Crippen LogP contribution is 2.21. The fourth-order valence-corrected chi connectivity index (χ4v) is 2.34. The largest absolute Gasteiger partial charge is 0.396 e. The third kappa shape index (κ3) is 3.87. The lowest BCUT2D eigenvalue weighted by molar-refractivity contribution is -0.123. The zero-order valence-electron chi connectivity index (χ0n) is 10.6. The minimum Gasteiger partial charge on any atom is -0.396 e. The number of carbonyl (C=O) groups excluding carboxylic acids is 1. The van der Waals surface area contributed by atoms with E-state index in [1.54, 1.807) is 0 Å². The molecule has 0 saturated carbocycles. The van der Waals surface area contributed by atoms with Crippen LogP contribution in [0.3, 0.4) is 0 Å². The van der Waals surface area contributed by atoms with Crippen LogP contribution in [0.25, 0.3) is 0 Å². The van der Waals surface area contributed by atoms with Gasteiger partial charge in [-0.15, -0.1) is 0 Å². The molecule has 1 N–H and O–H groups in total. The Balaban J connectivity index is 2.37. The van der Waals surface area contributed by atoms with Crippen LogP contribution in [0.1, 0.15) is 46.0 Å². The lowest BCUT2D eigenvalue weighted by Crippen LogP contribution is -2.36. The van der Waals surface area contributed by atoms with Gasteiger partial charge in [0.15, 0.2) is 0 Å². The summed E-state index contributed by atoms with van der Waals surface area (Å²) in [6, 6.07) is 0.528. The summed E-state index contributed by atoms with van der Waals surface area (Å²) in [6.45, 7) is 6.02. The molecule has 94 valence electrons. The molecule has 0 bridgehead atoms. The minimum atomic E-state index is 0.194. The first-order valence-electron chi connectivity index (χ1n) is 6.56. The minimum absolute atomic E-state index is 0.194. The van der Waals surface area contributed by atoms with Crippen molar-refractivity contribution in [2.75, 3.05) is 19.7 Å². The van der Waals surface area contributed by atoms with E-state index in [1.807, 2.05) is 6.92 Å². The molecule has 0 aliphatic carbocycles. The number of hydrogen-bond donors (Lipinski definition) is 1. The van der Waals surface area contributed by atoms with Crippen molar-refractivity contribution in [3.63, 3.8) is 0 Å². The van der Waals surface area contributed by atoms with Crippen LogP contribution in [-0.2, 0) is 4.79 Å². The molecular weight excluding hydrogens is 202 g/mol. The molecule has 0 amide bonds. The molecular formula is C13H25NO2. The maximum Gasteiger partial charge on any atom is 0.149 e. The lowest BCUT2D eigenvalue weighted by atomic mass is 10.0. The van der Waals surface area contributed by atoms with E-state index >= 15 is 0 Å². The Kier molecular flexibility index (Phi) is 5.99. The van der Waals surface area contributed by atoms with Crippen LogP contribution in [-0.4, -0.2) is 41.5 Å². The number of rotatable bonds is 7. The topological polar surface area (TPSA) is 40.5 Å². The van der Waals surface area contributed by atoms with E-state index in [4.69, 9.17) is 5.11 Å². The Bertz CT molecular complexity index is 218. The molecule has 1 heterocycles. The summed E-state index contributed by atoms with van der Waals surface area (Å²) >= 11 is 0. The van der Waals surface area contributed by atoms with Crippen LogP contribution < -0.4 is 0 Å². The second-order valence-corrected chi connectivity index (χ2v) is 4.91. The highest BCUT2D eigenvalue weighted by molar-refractivity contribution is 5.82. The smallest absolute Gasteiger partial charge is 0.149 e. The van der Waals surface area contributed by atoms with Gasteiger partial charge in [0.25, 0.3) is 0 Å². The summed E-state index contributed by atoms with van der Waals surface area (Å²) in [5.74, 6) is 0.567. The van der Waals surface area contributed by atoms with Crippen LogP contribution in [0.5, 0.6) is 0 Å². The van der Waals surface area contributed by atoms with Crippen molar-refractivity contribution in [3.05, 3.63) is 0 Å². The second-order valence-electron chi connectivity index (χ2n) is 4.91. The third-order valence-electron chi connectivity index (χ3n) is 3.72. The molecule has 2 atom stereocenters. The molecule has 3 heteroatoms. The first-order chi connectivity index (χ1) is 7.69. The molecule has 0 aromatic heterocycles. The van der Waals surface area contributed by atoms with E-state index in [-0.39, 0.29) is 12.5 Å². The van der Waals surface area contributed by atoms with Crippen LogP contribution in [0.4, 0.5) is 0 Å². The van der Waals surface area contributed by atoms with Gasteiger partial charge in [-0.25, -0.2) is 0 Å². The van der Waals surface area contributed by atoms with Gasteiger partial charge in [0.05, 0.1) is 6.54 Å². The average Bonchev–Trinajstić information content (AvgIpc) is 2.72. The standard InChI is InChI=1S/C13H25NO2/c1-3-11(2)13(16)10-14-8-4-6-12(14)7-5-9-15/h11-12,15H,3-10H2,1-2H3. The van der Waals surface area contributed by atoms with E-state index in [1.165, 1.54) is 12.8 Å². The van der Waals surface area contributed by atoms with E-state index < -0.39 is 0 Å². The van der Waals surface area contributed by atoms with Gasteiger partial charge in [-0.2, -0.15) is 0 Å². The monoisotopic (exact) mass is 227 g/mol. The van der Waals surface area contributed by atoms with Gasteiger partial charge < -0.3 is 5.11 Å². The van der Waals surface area contributed by atoms with Gasteiger partial charge in [-0.1, -0.05) is 13.8 Å². The predicted octanol–water partition coefficient (Wildman–Crippen LogP) is 1.84. The van der Waals surface area contributed by atoms with Crippen LogP contribution in [0, 0.1) is 5.92 Å². The van der Waals surface area contributed by atoms with Crippen LogP contribution in [0.2, 0.25) is 0 Å². The molecule has 3 nitrogen and oxygen atoms in total. The summed E-state index contributed by atoms with van der Waals surface area (Å²) in [4.78, 5) is 14.2. The Morgan fingerprint density at radius 1 is 1.56 bits per heavy atom. The van der Waals surface area contributed by atoms with Crippen molar-refractivity contribution in [2.45, 2.75) is 52.0 Å². The second kappa shape index (κ2) is 7.02. The molecule has 1 fully saturated rings. The third-order valence-corrected chi connectivity index (χ3v) is 3.72. The Morgan fingerprint density at radius 3 is 2.94 bits per heavy atom. The quantitative estimate of drug-likeness (QED) is 0.721. The number of carbonyl (C=O) groups is 1. The fraction of sp³-hybridized carbons (Fsp3) is 0.923. The average molecular weight is 227 g/mol. The first-order valence-corrected chi connectivity index (χ1v) is 6.56. The van der Waals surface area contributed by atoms with E-state index in [0.29, 0.717) is 18.4 Å². The highest BCUT2D eigenvalue weighted by atomic mass is 16.2. The molecule has 2 unspecified atom stereocenters. The number of likely N-dealkylation sites (tertiary alicyclic amines) is 1. The normalized spacial score (nSPS) is 23.6. The van der Waals surface area contributed by atoms with E-state index in [9.17, 15) is 4.79 Å². The predicted molar refractivity (Wildman–Crippen MR) is 65.4 cm³/mol. The summed E-state index contributed by atoms with van der Waals surface area (Å²) in [7, 11) is 0. The fourth-order valence-electron chi connectivity index (χ4n) is 2.34. The number of hydrogen-bond acceptors (Lipinski definition) is 3. The van der Waals surface area contributed by atoms with E-state index in [2.05, 4.69) is 11.8 Å². The molecule has 0 radical (unpaired) electrons. The van der Waals surface area contributed by atoms with Crippen molar-refractivity contribution in [1.82, 2.24) is 4.90 Å². The molecule has 0 spiro atoms. The zero-order chi connectivity index (χ0) is 12.0. The van der Waals surface area contributed by atoms with E-state index in [0.717, 1.165) is 25.8 Å². The van der Waals surface area contributed by atoms with Gasteiger partial charge in [0.2, 0.25) is 0 Å². The van der Waals surface area contributed by atoms with Gasteiger partial charge in [0.1, 0.15) is 5.78 Å². The van der Waals surface area contributed by atoms with Gasteiger partial charge >= 0.3 is 0 Å². The molecule has 1 aliphatic heterocycles. The van der Waals surface area contributed by atoms with Crippen molar-refractivity contribution in [2.24, 2.45) is 5.92 Å². The Labute approximate surface area is 98.8 Å². The summed E-state index contributed by atoms with van der Waals surface area (Å²) in [5.41, 5.74) is 0. The highest BCUT2D eigenvalue weighted by Gasteiger charge is 2.26. The summed E-state index contributed by atoms with van der Waals surface area (Å²) < 4.78 is 0. The summed E-state index contributed by atoms with van der Waals surface area (Å²) in [5, 5.41) is 8.84. The van der Waals surface area contributed by atoms with Crippen LogP contribution in [0.15, 0.2) is 0 Å². The molecule has 16 heavy (non-hydrogen) atoms. The van der Waals surface area contributed by atoms with Gasteiger partial charge in [-0.05, 0) is 38.6 Å². The number of aliphatic hydroxyl groups excluding tert-OH is 1. The van der Waals surface area contributed by atoms with Crippen molar-refractivity contribution < 1.29 is 9.90 Å². The maximum absolute atomic E-state index is 11.9. The van der Waals surface area contributed by atoms with Crippen molar-refractivity contribution in [1.29, 1.82) is 0 Å². The van der Waals surface area contributed by atoms with Crippen LogP contribution >= 0.6 is 0 Å². The van der Waals surface area contributed by atoms with Crippen molar-refractivity contribution >= 4 is 5.78 Å². The number of nitrogens with zero attached hydrogens (tertiary/aromatic N) is 1. The Morgan fingerprint density at radius 2 is 2.31 bits per heavy atom. The molecule has 1 rings (SSSR count). The summed E-state index contributed by atoms with van der Waals surface area (Å²) in [6.07, 6.45) is 5.22. The molecule has 1 saturated heterocycles. The number of Topliss-reactive ketones (excluding diaryl/α,β-unsaturated/α-hetero) is 1. The van der Waals surface area contributed by atoms with Gasteiger partial charge in [0, 0.05) is 18.6 Å². The molecule has 0 aromatic carbocycles. The number of aliphatic hydroxyl groups is 1. The van der Waals surface area contributed by atoms with Gasteiger partial charge in [-0.3, -0.25) is 9.69 Å². The Hall–Kier alpha value is -0.410. The van der Waals surface area contributed by atoms with Crippen molar-refractivity contribution in [3.8, 4) is 0 Å². The molecule has 1 aliphatic rings. The lowest BCUT2D eigenvalue weighted by Gasteiger charge is -2.24. The SMILES string of the molecule is CCC(C)C(=O)CN1CCCC1CCCO.